The maximum atomic E-state index is 10.3. The molecule has 2 rings (SSSR count). The maximum absolute atomic E-state index is 10.3. The zero-order valence-electron chi connectivity index (χ0n) is 9.89. The quantitative estimate of drug-likeness (QED) is 0.812. The molecular weight excluding hydrogens is 202 g/mol. The predicted octanol–water partition coefficient (Wildman–Crippen LogP) is 1.47. The zero-order chi connectivity index (χ0) is 11.4. The molecular formula is C12H21N3O. The van der Waals surface area contributed by atoms with Crippen molar-refractivity contribution in [2.24, 2.45) is 0 Å². The molecule has 4 heteroatoms. The standard InChI is InChI=1S/C12H21N3O/c1-2-8-15-9-7-14-12(15)11(16)10-5-3-4-6-13-10/h7,9-11,13,16H,2-6,8H2,1H3. The van der Waals surface area contributed by atoms with E-state index >= 15 is 0 Å². The number of aryl methyl sites for hydroxylation is 1. The molecule has 90 valence electrons. The van der Waals surface area contributed by atoms with Gasteiger partial charge in [0.2, 0.25) is 0 Å². The van der Waals surface area contributed by atoms with Crippen LogP contribution in [0.3, 0.4) is 0 Å². The molecule has 2 N–H and O–H groups in total. The Balaban J connectivity index is 2.06. The number of nitrogens with one attached hydrogen (secondary N) is 1. The lowest BCUT2D eigenvalue weighted by molar-refractivity contribution is 0.102. The Labute approximate surface area is 96.7 Å². The van der Waals surface area contributed by atoms with Gasteiger partial charge in [0.1, 0.15) is 11.9 Å². The lowest BCUT2D eigenvalue weighted by Crippen LogP contribution is -2.39. The lowest BCUT2D eigenvalue weighted by Gasteiger charge is -2.27. The van der Waals surface area contributed by atoms with Crippen molar-refractivity contribution in [3.05, 3.63) is 18.2 Å². The fourth-order valence-electron chi connectivity index (χ4n) is 2.35. The van der Waals surface area contributed by atoms with Crippen molar-refractivity contribution in [3.8, 4) is 0 Å². The molecule has 2 unspecified atom stereocenters. The van der Waals surface area contributed by atoms with Crippen LogP contribution in [0.1, 0.15) is 44.5 Å². The highest BCUT2D eigenvalue weighted by Crippen LogP contribution is 2.21. The average Bonchev–Trinajstić information content (AvgIpc) is 2.78. The van der Waals surface area contributed by atoms with Crippen LogP contribution >= 0.6 is 0 Å². The molecule has 4 nitrogen and oxygen atoms in total. The second kappa shape index (κ2) is 5.46. The lowest BCUT2D eigenvalue weighted by atomic mass is 9.99. The van der Waals surface area contributed by atoms with E-state index in [2.05, 4.69) is 21.8 Å². The summed E-state index contributed by atoms with van der Waals surface area (Å²) in [6, 6.07) is 0.173. The minimum absolute atomic E-state index is 0.173. The van der Waals surface area contributed by atoms with E-state index in [1.807, 2.05) is 6.20 Å². The molecule has 16 heavy (non-hydrogen) atoms. The van der Waals surface area contributed by atoms with Gasteiger partial charge in [-0.1, -0.05) is 13.3 Å². The summed E-state index contributed by atoms with van der Waals surface area (Å²) >= 11 is 0. The fraction of sp³-hybridized carbons (Fsp3) is 0.750. The fourth-order valence-corrected chi connectivity index (χ4v) is 2.35. The van der Waals surface area contributed by atoms with Gasteiger partial charge in [-0.05, 0) is 25.8 Å². The summed E-state index contributed by atoms with van der Waals surface area (Å²) in [5, 5.41) is 13.7. The van der Waals surface area contributed by atoms with Crippen molar-refractivity contribution in [3.63, 3.8) is 0 Å². The van der Waals surface area contributed by atoms with E-state index in [0.29, 0.717) is 0 Å². The Kier molecular flexibility index (Phi) is 3.96. The molecule has 0 saturated carbocycles. The van der Waals surface area contributed by atoms with Gasteiger partial charge < -0.3 is 15.0 Å². The minimum atomic E-state index is -0.471. The van der Waals surface area contributed by atoms with E-state index in [1.165, 1.54) is 12.8 Å². The van der Waals surface area contributed by atoms with Gasteiger partial charge in [-0.2, -0.15) is 0 Å². The van der Waals surface area contributed by atoms with Gasteiger partial charge >= 0.3 is 0 Å². The van der Waals surface area contributed by atoms with E-state index < -0.39 is 6.10 Å². The highest BCUT2D eigenvalue weighted by atomic mass is 16.3. The number of aliphatic hydroxyl groups excluding tert-OH is 1. The van der Waals surface area contributed by atoms with Crippen LogP contribution in [-0.2, 0) is 6.54 Å². The third-order valence-corrected chi connectivity index (χ3v) is 3.21. The van der Waals surface area contributed by atoms with Crippen LogP contribution in [-0.4, -0.2) is 27.2 Å². The number of aliphatic hydroxyl groups is 1. The number of rotatable bonds is 4. The molecule has 0 bridgehead atoms. The number of aromatic nitrogens is 2. The third kappa shape index (κ3) is 2.44. The number of hydrogen-bond donors (Lipinski definition) is 2. The molecule has 0 aromatic carbocycles. The Morgan fingerprint density at radius 3 is 3.19 bits per heavy atom. The largest absolute Gasteiger partial charge is 0.384 e. The van der Waals surface area contributed by atoms with E-state index in [1.54, 1.807) is 6.20 Å². The summed E-state index contributed by atoms with van der Waals surface area (Å²) in [4.78, 5) is 4.28. The second-order valence-corrected chi connectivity index (χ2v) is 4.48. The summed E-state index contributed by atoms with van der Waals surface area (Å²) in [6.07, 6.45) is 7.77. The molecule has 2 atom stereocenters. The molecule has 0 radical (unpaired) electrons. The van der Waals surface area contributed by atoms with Crippen LogP contribution in [0.5, 0.6) is 0 Å². The zero-order valence-corrected chi connectivity index (χ0v) is 9.89. The molecule has 1 aliphatic rings. The molecule has 0 aliphatic carbocycles. The Morgan fingerprint density at radius 1 is 1.62 bits per heavy atom. The van der Waals surface area contributed by atoms with Crippen LogP contribution in [0.25, 0.3) is 0 Å². The Bertz CT molecular complexity index is 318. The van der Waals surface area contributed by atoms with Gasteiger partial charge in [-0.25, -0.2) is 4.98 Å². The first kappa shape index (κ1) is 11.6. The Hall–Kier alpha value is -0.870. The summed E-state index contributed by atoms with van der Waals surface area (Å²) in [5.74, 6) is 0.807. The molecule has 1 saturated heterocycles. The van der Waals surface area contributed by atoms with Crippen LogP contribution in [0, 0.1) is 0 Å². The topological polar surface area (TPSA) is 50.1 Å². The molecule has 1 aromatic heterocycles. The van der Waals surface area contributed by atoms with Gasteiger partial charge in [0.05, 0.1) is 0 Å². The molecule has 2 heterocycles. The summed E-state index contributed by atoms with van der Waals surface area (Å²) in [7, 11) is 0. The van der Waals surface area contributed by atoms with Crippen LogP contribution in [0.15, 0.2) is 12.4 Å². The van der Waals surface area contributed by atoms with Crippen molar-refractivity contribution < 1.29 is 5.11 Å². The van der Waals surface area contributed by atoms with E-state index in [0.717, 1.165) is 31.8 Å². The first-order valence-corrected chi connectivity index (χ1v) is 6.25. The second-order valence-electron chi connectivity index (χ2n) is 4.48. The van der Waals surface area contributed by atoms with Crippen molar-refractivity contribution in [1.82, 2.24) is 14.9 Å². The number of hydrogen-bond acceptors (Lipinski definition) is 3. The molecule has 1 aliphatic heterocycles. The monoisotopic (exact) mass is 223 g/mol. The summed E-state index contributed by atoms with van der Waals surface area (Å²) in [6.45, 7) is 4.07. The summed E-state index contributed by atoms with van der Waals surface area (Å²) in [5.41, 5.74) is 0. The van der Waals surface area contributed by atoms with Gasteiger partial charge in [0.25, 0.3) is 0 Å². The maximum Gasteiger partial charge on any atom is 0.139 e. The molecule has 1 fully saturated rings. The molecule has 0 amide bonds. The van der Waals surface area contributed by atoms with Gasteiger partial charge in [-0.15, -0.1) is 0 Å². The first-order chi connectivity index (χ1) is 7.83. The Morgan fingerprint density at radius 2 is 2.50 bits per heavy atom. The number of piperidine rings is 1. The number of nitrogens with zero attached hydrogens (tertiary/aromatic N) is 2. The van der Waals surface area contributed by atoms with Crippen molar-refractivity contribution in [1.29, 1.82) is 0 Å². The third-order valence-electron chi connectivity index (χ3n) is 3.21. The number of imidazole rings is 1. The highest BCUT2D eigenvalue weighted by Gasteiger charge is 2.25. The molecule has 0 spiro atoms. The van der Waals surface area contributed by atoms with Gasteiger partial charge in [-0.3, -0.25) is 0 Å². The highest BCUT2D eigenvalue weighted by molar-refractivity contribution is 5.01. The summed E-state index contributed by atoms with van der Waals surface area (Å²) < 4.78 is 2.06. The van der Waals surface area contributed by atoms with E-state index in [9.17, 15) is 5.11 Å². The predicted molar refractivity (Wildman–Crippen MR) is 63.1 cm³/mol. The van der Waals surface area contributed by atoms with Crippen LogP contribution in [0.2, 0.25) is 0 Å². The van der Waals surface area contributed by atoms with Crippen LogP contribution in [0.4, 0.5) is 0 Å². The SMILES string of the molecule is CCCn1ccnc1C(O)C1CCCCN1. The van der Waals surface area contributed by atoms with E-state index in [4.69, 9.17) is 0 Å². The van der Waals surface area contributed by atoms with Gasteiger partial charge in [0, 0.05) is 25.0 Å². The van der Waals surface area contributed by atoms with Gasteiger partial charge in [0.15, 0.2) is 0 Å². The van der Waals surface area contributed by atoms with Crippen LogP contribution < -0.4 is 5.32 Å². The molecule has 1 aromatic rings. The van der Waals surface area contributed by atoms with Crippen molar-refractivity contribution in [2.75, 3.05) is 6.54 Å². The van der Waals surface area contributed by atoms with Crippen molar-refractivity contribution in [2.45, 2.75) is 51.3 Å². The van der Waals surface area contributed by atoms with Crippen molar-refractivity contribution >= 4 is 0 Å². The smallest absolute Gasteiger partial charge is 0.139 e. The minimum Gasteiger partial charge on any atom is -0.384 e. The first-order valence-electron chi connectivity index (χ1n) is 6.25. The normalized spacial score (nSPS) is 23.2. The average molecular weight is 223 g/mol. The van der Waals surface area contributed by atoms with E-state index in [-0.39, 0.29) is 6.04 Å².